The van der Waals surface area contributed by atoms with Gasteiger partial charge in [0.15, 0.2) is 0 Å². The van der Waals surface area contributed by atoms with Crippen molar-refractivity contribution >= 4 is 5.69 Å². The Hall–Kier alpha value is -1.89. The molecule has 2 rings (SSSR count). The van der Waals surface area contributed by atoms with Gasteiger partial charge in [0.1, 0.15) is 0 Å². The number of nitro groups is 1. The SMILES string of the molecule is N#Cc1ccc([N+](=O)[O-])cc1C1CC1. The van der Waals surface area contributed by atoms with Gasteiger partial charge in [-0.3, -0.25) is 10.1 Å². The Morgan fingerprint density at radius 3 is 2.71 bits per heavy atom. The highest BCUT2D eigenvalue weighted by Gasteiger charge is 2.27. The van der Waals surface area contributed by atoms with Crippen LogP contribution in [0.2, 0.25) is 0 Å². The van der Waals surface area contributed by atoms with Gasteiger partial charge in [-0.1, -0.05) is 0 Å². The van der Waals surface area contributed by atoms with Crippen molar-refractivity contribution in [3.05, 3.63) is 39.4 Å². The zero-order valence-corrected chi connectivity index (χ0v) is 7.43. The molecule has 0 aromatic heterocycles. The molecule has 1 saturated carbocycles. The maximum absolute atomic E-state index is 10.5. The maximum atomic E-state index is 10.5. The average molecular weight is 188 g/mol. The van der Waals surface area contributed by atoms with Crippen LogP contribution in [0, 0.1) is 21.4 Å². The van der Waals surface area contributed by atoms with Crippen molar-refractivity contribution in [3.63, 3.8) is 0 Å². The highest BCUT2D eigenvalue weighted by Crippen LogP contribution is 2.42. The van der Waals surface area contributed by atoms with Crippen molar-refractivity contribution < 1.29 is 4.92 Å². The summed E-state index contributed by atoms with van der Waals surface area (Å²) in [5.74, 6) is 0.365. The van der Waals surface area contributed by atoms with Crippen molar-refractivity contribution in [3.8, 4) is 6.07 Å². The summed E-state index contributed by atoms with van der Waals surface area (Å²) in [6, 6.07) is 6.50. The third-order valence-corrected chi connectivity index (χ3v) is 2.38. The quantitative estimate of drug-likeness (QED) is 0.528. The van der Waals surface area contributed by atoms with E-state index in [-0.39, 0.29) is 5.69 Å². The largest absolute Gasteiger partial charge is 0.269 e. The van der Waals surface area contributed by atoms with E-state index < -0.39 is 4.92 Å². The molecule has 70 valence electrons. The predicted molar refractivity (Wildman–Crippen MR) is 49.8 cm³/mol. The molecule has 1 aromatic carbocycles. The van der Waals surface area contributed by atoms with Gasteiger partial charge in [0, 0.05) is 12.1 Å². The van der Waals surface area contributed by atoms with E-state index in [1.807, 2.05) is 0 Å². The van der Waals surface area contributed by atoms with Crippen molar-refractivity contribution in [1.29, 1.82) is 5.26 Å². The highest BCUT2D eigenvalue weighted by atomic mass is 16.6. The number of benzene rings is 1. The Morgan fingerprint density at radius 2 is 2.21 bits per heavy atom. The Labute approximate surface area is 80.9 Å². The van der Waals surface area contributed by atoms with Crippen molar-refractivity contribution in [2.45, 2.75) is 18.8 Å². The van der Waals surface area contributed by atoms with Gasteiger partial charge in [-0.05, 0) is 30.4 Å². The minimum absolute atomic E-state index is 0.0749. The maximum Gasteiger partial charge on any atom is 0.269 e. The Balaban J connectivity index is 2.48. The topological polar surface area (TPSA) is 66.9 Å². The summed E-state index contributed by atoms with van der Waals surface area (Å²) in [7, 11) is 0. The molecular weight excluding hydrogens is 180 g/mol. The number of rotatable bonds is 2. The lowest BCUT2D eigenvalue weighted by atomic mass is 10.0. The van der Waals surface area contributed by atoms with E-state index in [9.17, 15) is 10.1 Å². The summed E-state index contributed by atoms with van der Waals surface area (Å²) in [5.41, 5.74) is 1.48. The van der Waals surface area contributed by atoms with Crippen LogP contribution in [0.3, 0.4) is 0 Å². The van der Waals surface area contributed by atoms with E-state index in [2.05, 4.69) is 6.07 Å². The molecule has 0 bridgehead atoms. The predicted octanol–water partition coefficient (Wildman–Crippen LogP) is 2.34. The summed E-state index contributed by atoms with van der Waals surface area (Å²) >= 11 is 0. The fourth-order valence-corrected chi connectivity index (χ4v) is 1.50. The first kappa shape index (κ1) is 8.70. The third-order valence-electron chi connectivity index (χ3n) is 2.38. The zero-order chi connectivity index (χ0) is 10.1. The molecule has 1 aliphatic rings. The summed E-state index contributed by atoms with van der Waals surface area (Å²) < 4.78 is 0. The summed E-state index contributed by atoms with van der Waals surface area (Å²) in [4.78, 5) is 10.1. The van der Waals surface area contributed by atoms with Crippen LogP contribution in [-0.4, -0.2) is 4.92 Å². The van der Waals surface area contributed by atoms with Crippen LogP contribution in [0.15, 0.2) is 18.2 Å². The number of hydrogen-bond donors (Lipinski definition) is 0. The standard InChI is InChI=1S/C10H8N2O2/c11-6-8-3-4-9(12(13)14)5-10(8)7-1-2-7/h3-5,7H,1-2H2. The monoisotopic (exact) mass is 188 g/mol. The van der Waals surface area contributed by atoms with Gasteiger partial charge in [-0.2, -0.15) is 5.26 Å². The normalized spacial score (nSPS) is 14.8. The molecule has 4 heteroatoms. The van der Waals surface area contributed by atoms with Crippen molar-refractivity contribution in [2.75, 3.05) is 0 Å². The van der Waals surface area contributed by atoms with E-state index in [1.165, 1.54) is 18.2 Å². The second kappa shape index (κ2) is 3.11. The van der Waals surface area contributed by atoms with Crippen molar-refractivity contribution in [1.82, 2.24) is 0 Å². The van der Waals surface area contributed by atoms with Gasteiger partial charge in [0.2, 0.25) is 0 Å². The van der Waals surface area contributed by atoms with E-state index in [1.54, 1.807) is 0 Å². The van der Waals surface area contributed by atoms with Gasteiger partial charge < -0.3 is 0 Å². The molecule has 14 heavy (non-hydrogen) atoms. The first-order valence-electron chi connectivity index (χ1n) is 4.41. The molecule has 0 atom stereocenters. The van der Waals surface area contributed by atoms with Crippen LogP contribution in [-0.2, 0) is 0 Å². The number of hydrogen-bond acceptors (Lipinski definition) is 3. The van der Waals surface area contributed by atoms with Crippen LogP contribution in [0.4, 0.5) is 5.69 Å². The Bertz CT molecular complexity index is 430. The summed E-state index contributed by atoms with van der Waals surface area (Å²) in [6.45, 7) is 0. The molecule has 0 N–H and O–H groups in total. The second-order valence-corrected chi connectivity index (χ2v) is 3.41. The fourth-order valence-electron chi connectivity index (χ4n) is 1.50. The molecule has 0 heterocycles. The van der Waals surface area contributed by atoms with Gasteiger partial charge in [-0.15, -0.1) is 0 Å². The van der Waals surface area contributed by atoms with E-state index in [0.717, 1.165) is 18.4 Å². The Morgan fingerprint density at radius 1 is 1.50 bits per heavy atom. The van der Waals surface area contributed by atoms with Gasteiger partial charge >= 0.3 is 0 Å². The number of nitro benzene ring substituents is 1. The van der Waals surface area contributed by atoms with Gasteiger partial charge in [0.25, 0.3) is 5.69 Å². The molecule has 0 aliphatic heterocycles. The highest BCUT2D eigenvalue weighted by molar-refractivity contribution is 5.48. The lowest BCUT2D eigenvalue weighted by Gasteiger charge is -2.00. The van der Waals surface area contributed by atoms with Crippen LogP contribution in [0.5, 0.6) is 0 Å². The van der Waals surface area contributed by atoms with Gasteiger partial charge in [-0.25, -0.2) is 0 Å². The molecule has 0 amide bonds. The van der Waals surface area contributed by atoms with Crippen LogP contribution in [0.1, 0.15) is 29.9 Å². The molecule has 1 aromatic rings. The first-order valence-corrected chi connectivity index (χ1v) is 4.41. The van der Waals surface area contributed by atoms with Gasteiger partial charge in [0.05, 0.1) is 16.6 Å². The molecule has 1 aliphatic carbocycles. The summed E-state index contributed by atoms with van der Waals surface area (Å²) in [6.07, 6.45) is 2.08. The van der Waals surface area contributed by atoms with E-state index in [4.69, 9.17) is 5.26 Å². The summed E-state index contributed by atoms with van der Waals surface area (Å²) in [5, 5.41) is 19.3. The lowest BCUT2D eigenvalue weighted by molar-refractivity contribution is -0.384. The van der Waals surface area contributed by atoms with Crippen LogP contribution in [0.25, 0.3) is 0 Å². The molecule has 0 saturated heterocycles. The molecular formula is C10H8N2O2. The second-order valence-electron chi connectivity index (χ2n) is 3.41. The minimum atomic E-state index is -0.424. The number of non-ortho nitro benzene ring substituents is 1. The molecule has 0 radical (unpaired) electrons. The zero-order valence-electron chi connectivity index (χ0n) is 7.43. The molecule has 0 spiro atoms. The van der Waals surface area contributed by atoms with E-state index in [0.29, 0.717) is 11.5 Å². The Kier molecular flexibility index (Phi) is 1.93. The smallest absolute Gasteiger partial charge is 0.258 e. The molecule has 1 fully saturated rings. The van der Waals surface area contributed by atoms with Crippen molar-refractivity contribution in [2.24, 2.45) is 0 Å². The molecule has 0 unspecified atom stereocenters. The average Bonchev–Trinajstić information content (AvgIpc) is 3.00. The number of nitriles is 1. The third kappa shape index (κ3) is 1.44. The number of nitrogens with zero attached hydrogens (tertiary/aromatic N) is 2. The minimum Gasteiger partial charge on any atom is -0.258 e. The lowest BCUT2D eigenvalue weighted by Crippen LogP contribution is -1.92. The molecule has 4 nitrogen and oxygen atoms in total. The van der Waals surface area contributed by atoms with Crippen LogP contribution < -0.4 is 0 Å². The van der Waals surface area contributed by atoms with Crippen LogP contribution >= 0.6 is 0 Å². The van der Waals surface area contributed by atoms with E-state index >= 15 is 0 Å². The first-order chi connectivity index (χ1) is 6.72. The fraction of sp³-hybridized carbons (Fsp3) is 0.300.